The van der Waals surface area contributed by atoms with E-state index in [0.717, 1.165) is 17.8 Å². The first-order valence-corrected chi connectivity index (χ1v) is 12.0. The third-order valence-corrected chi connectivity index (χ3v) is 6.75. The lowest BCUT2D eigenvalue weighted by Crippen LogP contribution is -2.29. The highest BCUT2D eigenvalue weighted by Gasteiger charge is 2.45. The van der Waals surface area contributed by atoms with E-state index in [1.165, 1.54) is 23.3 Å². The van der Waals surface area contributed by atoms with E-state index in [0.29, 0.717) is 39.8 Å². The summed E-state index contributed by atoms with van der Waals surface area (Å²) >= 11 is 1.33. The van der Waals surface area contributed by atoms with Gasteiger partial charge in [0.15, 0.2) is 16.9 Å². The van der Waals surface area contributed by atoms with E-state index in [1.807, 2.05) is 6.07 Å². The smallest absolute Gasteiger partial charge is 0.297 e. The predicted molar refractivity (Wildman–Crippen MR) is 134 cm³/mol. The summed E-state index contributed by atoms with van der Waals surface area (Å²) in [6.45, 7) is 6.04. The molecule has 3 heterocycles. The largest absolute Gasteiger partial charge is 0.493 e. The number of anilines is 1. The molecule has 0 saturated carbocycles. The Labute approximate surface area is 205 Å². The van der Waals surface area contributed by atoms with Gasteiger partial charge in [0.05, 0.1) is 24.1 Å². The van der Waals surface area contributed by atoms with Gasteiger partial charge in [-0.05, 0) is 36.2 Å². The van der Waals surface area contributed by atoms with Crippen LogP contribution in [0.3, 0.4) is 0 Å². The van der Waals surface area contributed by atoms with E-state index < -0.39 is 11.9 Å². The lowest BCUT2D eigenvalue weighted by atomic mass is 9.98. The topological polar surface area (TPSA) is 94.8 Å². The molecular formula is C26H23N3O5S. The van der Waals surface area contributed by atoms with Gasteiger partial charge in [-0.3, -0.25) is 14.5 Å². The summed E-state index contributed by atoms with van der Waals surface area (Å²) in [5.41, 5.74) is 1.03. The maximum absolute atomic E-state index is 13.7. The van der Waals surface area contributed by atoms with Gasteiger partial charge in [0.2, 0.25) is 10.9 Å². The Balaban J connectivity index is 1.72. The Hall–Kier alpha value is -3.98. The number of benzene rings is 2. The summed E-state index contributed by atoms with van der Waals surface area (Å²) in [5, 5.41) is 10.2. The first kappa shape index (κ1) is 22.8. The summed E-state index contributed by atoms with van der Waals surface area (Å²) < 4.78 is 17.2. The predicted octanol–water partition coefficient (Wildman–Crippen LogP) is 4.92. The molecule has 2 aromatic heterocycles. The van der Waals surface area contributed by atoms with Crippen molar-refractivity contribution in [1.82, 2.24) is 10.2 Å². The molecule has 0 spiro atoms. The van der Waals surface area contributed by atoms with Crippen molar-refractivity contribution in [1.29, 1.82) is 0 Å². The van der Waals surface area contributed by atoms with E-state index in [1.54, 1.807) is 42.5 Å². The monoisotopic (exact) mass is 489 g/mol. The van der Waals surface area contributed by atoms with Crippen LogP contribution in [-0.2, 0) is 6.42 Å². The van der Waals surface area contributed by atoms with Crippen molar-refractivity contribution in [3.8, 4) is 11.5 Å². The first-order valence-electron chi connectivity index (χ1n) is 11.2. The third kappa shape index (κ3) is 3.87. The van der Waals surface area contributed by atoms with Crippen molar-refractivity contribution in [3.05, 3.63) is 87.2 Å². The highest BCUT2D eigenvalue weighted by molar-refractivity contribution is 7.15. The molecule has 0 fully saturated rings. The lowest BCUT2D eigenvalue weighted by Gasteiger charge is -2.23. The number of rotatable bonds is 8. The molecule has 35 heavy (non-hydrogen) atoms. The molecular weight excluding hydrogens is 466 g/mol. The fourth-order valence-electron chi connectivity index (χ4n) is 4.21. The average Bonchev–Trinajstić information content (AvgIpc) is 3.45. The number of hydrogen-bond acceptors (Lipinski definition) is 8. The molecule has 0 bridgehead atoms. The molecule has 1 aliphatic heterocycles. The second kappa shape index (κ2) is 9.34. The molecule has 2 aromatic carbocycles. The summed E-state index contributed by atoms with van der Waals surface area (Å²) in [6.07, 6.45) is 3.29. The van der Waals surface area contributed by atoms with E-state index in [-0.39, 0.29) is 16.8 Å². The Morgan fingerprint density at radius 3 is 2.77 bits per heavy atom. The van der Waals surface area contributed by atoms with E-state index in [2.05, 4.69) is 23.7 Å². The zero-order chi connectivity index (χ0) is 24.5. The van der Waals surface area contributed by atoms with Gasteiger partial charge in [-0.15, -0.1) is 10.2 Å². The maximum atomic E-state index is 13.7. The fraction of sp³-hybridized carbons (Fsp3) is 0.231. The molecule has 0 saturated heterocycles. The van der Waals surface area contributed by atoms with Crippen LogP contribution in [0.4, 0.5) is 5.13 Å². The van der Waals surface area contributed by atoms with E-state index in [4.69, 9.17) is 13.9 Å². The SMILES string of the molecule is C=CCOc1ccc(C2c3c(oc4ccccc4c3=O)C(=O)N2c2nnc(CCC)s2)cc1OC. The van der Waals surface area contributed by atoms with Crippen LogP contribution in [0, 0.1) is 0 Å². The number of fused-ring (bicyclic) bond motifs is 2. The summed E-state index contributed by atoms with van der Waals surface area (Å²) in [6, 6.07) is 11.5. The van der Waals surface area contributed by atoms with Crippen LogP contribution in [0.2, 0.25) is 0 Å². The van der Waals surface area contributed by atoms with Gasteiger partial charge in [-0.2, -0.15) is 0 Å². The summed E-state index contributed by atoms with van der Waals surface area (Å²) in [4.78, 5) is 28.8. The molecule has 1 atom stereocenters. The second-order valence-electron chi connectivity index (χ2n) is 7.99. The molecule has 5 rings (SSSR count). The van der Waals surface area contributed by atoms with Crippen molar-refractivity contribution in [2.75, 3.05) is 18.6 Å². The molecule has 1 amide bonds. The Bertz CT molecular complexity index is 1490. The highest BCUT2D eigenvalue weighted by Crippen LogP contribution is 2.44. The van der Waals surface area contributed by atoms with Crippen LogP contribution in [-0.4, -0.2) is 29.8 Å². The minimum Gasteiger partial charge on any atom is -0.493 e. The van der Waals surface area contributed by atoms with Crippen LogP contribution >= 0.6 is 11.3 Å². The molecule has 0 aliphatic carbocycles. The number of nitrogens with zero attached hydrogens (tertiary/aromatic N) is 3. The van der Waals surface area contributed by atoms with Crippen LogP contribution < -0.4 is 19.8 Å². The minimum absolute atomic E-state index is 0.0110. The van der Waals surface area contributed by atoms with Crippen molar-refractivity contribution < 1.29 is 18.7 Å². The van der Waals surface area contributed by atoms with Crippen LogP contribution in [0.1, 0.15) is 46.1 Å². The summed E-state index contributed by atoms with van der Waals surface area (Å²) in [5.74, 6) is 0.577. The molecule has 178 valence electrons. The number of aromatic nitrogens is 2. The zero-order valence-electron chi connectivity index (χ0n) is 19.3. The van der Waals surface area contributed by atoms with Crippen molar-refractivity contribution in [2.24, 2.45) is 0 Å². The van der Waals surface area contributed by atoms with Gasteiger partial charge in [0, 0.05) is 6.42 Å². The fourth-order valence-corrected chi connectivity index (χ4v) is 5.18. The standard InChI is InChI=1S/C26H23N3O5S/c1-4-8-20-27-28-26(35-20)29-22(15-11-12-18(33-13-5-2)19(14-15)32-3)21-23(30)16-9-6-7-10-17(16)34-24(21)25(29)31/h5-7,9-12,14,22H,2,4,8,13H2,1,3H3. The maximum Gasteiger partial charge on any atom is 0.297 e. The Morgan fingerprint density at radius 1 is 1.17 bits per heavy atom. The first-order chi connectivity index (χ1) is 17.1. The van der Waals surface area contributed by atoms with Crippen molar-refractivity contribution in [2.45, 2.75) is 25.8 Å². The van der Waals surface area contributed by atoms with Gasteiger partial charge >= 0.3 is 0 Å². The third-order valence-electron chi connectivity index (χ3n) is 5.76. The molecule has 0 radical (unpaired) electrons. The Kier molecular flexibility index (Phi) is 6.08. The van der Waals surface area contributed by atoms with Gasteiger partial charge in [0.1, 0.15) is 17.2 Å². The molecule has 1 unspecified atom stereocenters. The number of carbonyl (C=O) groups is 1. The quantitative estimate of drug-likeness (QED) is 0.324. The Morgan fingerprint density at radius 2 is 2.00 bits per heavy atom. The number of para-hydroxylation sites is 1. The molecule has 9 heteroatoms. The number of carbonyl (C=O) groups excluding carboxylic acids is 1. The normalized spacial score (nSPS) is 14.9. The number of ether oxygens (including phenoxy) is 2. The van der Waals surface area contributed by atoms with Crippen LogP contribution in [0.15, 0.2) is 64.3 Å². The lowest BCUT2D eigenvalue weighted by molar-refractivity contribution is 0.0970. The number of aryl methyl sites for hydroxylation is 1. The van der Waals surface area contributed by atoms with E-state index >= 15 is 0 Å². The second-order valence-corrected chi connectivity index (χ2v) is 9.03. The summed E-state index contributed by atoms with van der Waals surface area (Å²) in [7, 11) is 1.54. The van der Waals surface area contributed by atoms with Crippen molar-refractivity contribution >= 4 is 33.3 Å². The average molecular weight is 490 g/mol. The van der Waals surface area contributed by atoms with Crippen molar-refractivity contribution in [3.63, 3.8) is 0 Å². The molecule has 0 N–H and O–H groups in total. The van der Waals surface area contributed by atoms with Gasteiger partial charge in [0.25, 0.3) is 5.91 Å². The van der Waals surface area contributed by atoms with Gasteiger partial charge < -0.3 is 13.9 Å². The molecule has 8 nitrogen and oxygen atoms in total. The van der Waals surface area contributed by atoms with E-state index in [9.17, 15) is 9.59 Å². The minimum atomic E-state index is -0.761. The molecule has 1 aliphatic rings. The van der Waals surface area contributed by atoms with Crippen LogP contribution in [0.5, 0.6) is 11.5 Å². The number of methoxy groups -OCH3 is 1. The highest BCUT2D eigenvalue weighted by atomic mass is 32.1. The number of hydrogen-bond donors (Lipinski definition) is 0. The zero-order valence-corrected chi connectivity index (χ0v) is 20.1. The van der Waals surface area contributed by atoms with Gasteiger partial charge in [-0.1, -0.05) is 49.1 Å². The number of amides is 1. The molecule has 4 aromatic rings. The van der Waals surface area contributed by atoms with Gasteiger partial charge in [-0.25, -0.2) is 0 Å². The van der Waals surface area contributed by atoms with Crippen LogP contribution in [0.25, 0.3) is 11.0 Å².